The molecule has 63 heavy (non-hydrogen) atoms. The lowest BCUT2D eigenvalue weighted by Gasteiger charge is -2.59. The number of hydrogen-bond donors (Lipinski definition) is 0. The summed E-state index contributed by atoms with van der Waals surface area (Å²) in [5.74, 6) is -0.967. The second kappa shape index (κ2) is 13.0. The molecule has 0 saturated carbocycles. The van der Waals surface area contributed by atoms with Gasteiger partial charge in [0.05, 0.1) is 21.4 Å². The van der Waals surface area contributed by atoms with Gasteiger partial charge >= 0.3 is 0 Å². The number of carbonyl (C=O) groups excluding carboxylic acids is 4. The zero-order valence-electron chi connectivity index (χ0n) is 35.0. The highest BCUT2D eigenvalue weighted by Gasteiger charge is 2.89. The van der Waals surface area contributed by atoms with Gasteiger partial charge in [-0.15, -0.1) is 0 Å². The van der Waals surface area contributed by atoms with E-state index in [9.17, 15) is 0 Å². The first-order valence-electron chi connectivity index (χ1n) is 21.4. The molecule has 0 aliphatic carbocycles. The number of amides is 4. The molecule has 10 aliphatic rings. The van der Waals surface area contributed by atoms with E-state index in [0.29, 0.717) is 24.2 Å². The van der Waals surface area contributed by atoms with Crippen molar-refractivity contribution in [3.8, 4) is 0 Å². The average Bonchev–Trinajstić information content (AvgIpc) is 3.97. The highest BCUT2D eigenvalue weighted by molar-refractivity contribution is 8.78. The van der Waals surface area contributed by atoms with Crippen LogP contribution in [0.2, 0.25) is 0 Å². The molecule has 14 rings (SSSR count). The fourth-order valence-corrected chi connectivity index (χ4v) is 21.2. The molecule has 4 bridgehead atoms. The Kier molecular flexibility index (Phi) is 8.27. The van der Waals surface area contributed by atoms with Crippen LogP contribution in [0, 0.1) is 0 Å². The topological polar surface area (TPSA) is 122 Å². The van der Waals surface area contributed by atoms with Gasteiger partial charge in [-0.2, -0.15) is 0 Å². The largest absolute Gasteiger partial charge is 0.319 e. The van der Waals surface area contributed by atoms with Crippen LogP contribution in [0.5, 0.6) is 0 Å². The average molecular weight is 937 g/mol. The van der Waals surface area contributed by atoms with E-state index >= 15 is 27.6 Å². The number of carbonyl (C=O) groups is 4. The minimum Gasteiger partial charge on any atom is -0.319 e. The van der Waals surface area contributed by atoms with Crippen molar-refractivity contribution >= 4 is 93.9 Å². The van der Waals surface area contributed by atoms with Crippen molar-refractivity contribution in [1.29, 1.82) is 0 Å². The van der Waals surface area contributed by atoms with Crippen LogP contribution in [0.25, 0.3) is 0 Å². The Bertz CT molecular complexity index is 2820. The second-order valence-electron chi connectivity index (χ2n) is 18.1. The lowest BCUT2D eigenvalue weighted by molar-refractivity contribution is -0.165. The van der Waals surface area contributed by atoms with E-state index in [-0.39, 0.29) is 41.4 Å². The first kappa shape index (κ1) is 40.2. The number of sulfonamides is 1. The van der Waals surface area contributed by atoms with Gasteiger partial charge < -0.3 is 14.7 Å². The molecule has 4 aromatic carbocycles. The molecular weight excluding hydrogens is 893 g/mol. The summed E-state index contributed by atoms with van der Waals surface area (Å²) in [6, 6.07) is 33.6. The highest BCUT2D eigenvalue weighted by Crippen LogP contribution is 2.80. The van der Waals surface area contributed by atoms with Gasteiger partial charge in [0.25, 0.3) is 33.7 Å². The number of likely N-dealkylation sites (N-methyl/N-ethyl adjacent to an activating group) is 1. The fourth-order valence-electron chi connectivity index (χ4n) is 12.5. The van der Waals surface area contributed by atoms with E-state index in [4.69, 9.17) is 0 Å². The Morgan fingerprint density at radius 1 is 0.603 bits per heavy atom. The summed E-state index contributed by atoms with van der Waals surface area (Å²) in [7, 11) is 2.76. The smallest absolute Gasteiger partial charge is 0.266 e. The maximum atomic E-state index is 16.0. The van der Waals surface area contributed by atoms with Crippen molar-refractivity contribution in [3.63, 3.8) is 0 Å². The molecule has 8 atom stereocenters. The number of hydrogen-bond acceptors (Lipinski definition) is 11. The Morgan fingerprint density at radius 3 is 1.79 bits per heavy atom. The Labute approximate surface area is 382 Å². The number of benzene rings is 4. The molecule has 4 aromatic rings. The van der Waals surface area contributed by atoms with Crippen LogP contribution in [0.3, 0.4) is 0 Å². The molecule has 0 N–H and O–H groups in total. The fraction of sp³-hybridized carbons (Fsp3) is 0.391. The summed E-state index contributed by atoms with van der Waals surface area (Å²) < 4.78 is 33.0. The van der Waals surface area contributed by atoms with Crippen molar-refractivity contribution in [3.05, 3.63) is 120 Å². The standard InChI is InChI=1S/C46H44N6O6S5/c1-5-6-17-26-48-40(56)46-28-44(32-23-14-16-25-34(32)52(63(57,58)30-20-11-8-12-21-30)36(44)51(46)38(54)42(48,3)60-62-46)43-27-45-39(55)47(4)41(2,59-61-45)37(53)50(45)35(43)49(29-18-9-7-10-19-29)33-24-15-13-22-31(33)43/h7-16,18-25,35-36H,5-6,17,26-28H2,1-4H3/t35-,36+,41+,42+,43+,44+,45+,46+/m1/s1. The summed E-state index contributed by atoms with van der Waals surface area (Å²) in [6.07, 6.45) is 0.494. The van der Waals surface area contributed by atoms with Crippen molar-refractivity contribution < 1.29 is 27.6 Å². The molecule has 0 radical (unpaired) electrons. The van der Waals surface area contributed by atoms with Crippen molar-refractivity contribution in [2.24, 2.45) is 0 Å². The molecule has 2 spiro atoms. The first-order chi connectivity index (χ1) is 30.2. The quantitative estimate of drug-likeness (QED) is 0.129. The van der Waals surface area contributed by atoms with Gasteiger partial charge in [0, 0.05) is 37.8 Å². The van der Waals surface area contributed by atoms with E-state index in [1.807, 2.05) is 71.6 Å². The van der Waals surface area contributed by atoms with E-state index in [1.54, 1.807) is 72.0 Å². The third-order valence-electron chi connectivity index (χ3n) is 15.3. The summed E-state index contributed by atoms with van der Waals surface area (Å²) in [5.41, 5.74) is 0.781. The predicted octanol–water partition coefficient (Wildman–Crippen LogP) is 7.46. The van der Waals surface area contributed by atoms with Gasteiger partial charge in [-0.3, -0.25) is 29.0 Å². The number of nitrogens with zero attached hydrogens (tertiary/aromatic N) is 6. The van der Waals surface area contributed by atoms with Crippen LogP contribution < -0.4 is 9.21 Å². The Morgan fingerprint density at radius 2 is 1.13 bits per heavy atom. The predicted molar refractivity (Wildman–Crippen MR) is 248 cm³/mol. The Balaban J connectivity index is 1.22. The summed E-state index contributed by atoms with van der Waals surface area (Å²) in [4.78, 5) is 66.3. The van der Waals surface area contributed by atoms with E-state index in [2.05, 4.69) is 17.9 Å². The molecule has 12 nitrogen and oxygen atoms in total. The maximum Gasteiger partial charge on any atom is 0.266 e. The van der Waals surface area contributed by atoms with E-state index in [0.717, 1.165) is 29.8 Å². The van der Waals surface area contributed by atoms with Crippen LogP contribution >= 0.6 is 43.2 Å². The van der Waals surface area contributed by atoms with Crippen molar-refractivity contribution in [2.75, 3.05) is 22.8 Å². The molecule has 324 valence electrons. The molecule has 0 unspecified atom stereocenters. The highest BCUT2D eigenvalue weighted by atomic mass is 33.1. The summed E-state index contributed by atoms with van der Waals surface area (Å²) in [5, 5.41) is 0. The molecule has 17 heteroatoms. The van der Waals surface area contributed by atoms with E-state index in [1.165, 1.54) is 47.5 Å². The van der Waals surface area contributed by atoms with Gasteiger partial charge in [0.2, 0.25) is 0 Å². The Hall–Kier alpha value is -4.29. The first-order valence-corrected chi connectivity index (χ1v) is 27.1. The number of rotatable bonds is 8. The number of unbranched alkanes of at least 4 members (excludes halogenated alkanes) is 2. The monoisotopic (exact) mass is 936 g/mol. The van der Waals surface area contributed by atoms with Crippen LogP contribution in [-0.4, -0.2) is 97.1 Å². The molecule has 4 amide bonds. The third kappa shape index (κ3) is 4.40. The maximum absolute atomic E-state index is 16.0. The zero-order chi connectivity index (χ0) is 43.7. The van der Waals surface area contributed by atoms with Gasteiger partial charge in [-0.05, 0) is 67.8 Å². The molecule has 10 heterocycles. The number of anilines is 3. The molecular formula is C46H44N6O6S5. The summed E-state index contributed by atoms with van der Waals surface area (Å²) in [6.45, 7) is 6.09. The number of fused-ring (bicyclic) bond motifs is 11. The SMILES string of the molecule is CCCCCN1C(=O)[C@@]23C[C@]4([C@]56C[C@@]78SS[C@@](C)(C(=O)N7[C@H]5N(c5ccccc5)c5ccccc56)N(C)C8=O)c5ccccc5N(S(=O)(=O)c5ccccc5)[C@@H]4N2C(=O)[C@]1(C)SS3. The third-order valence-corrected chi connectivity index (χ3v) is 24.4. The van der Waals surface area contributed by atoms with Crippen molar-refractivity contribution in [1.82, 2.24) is 19.6 Å². The van der Waals surface area contributed by atoms with Gasteiger partial charge in [0.1, 0.15) is 12.3 Å². The van der Waals surface area contributed by atoms with Gasteiger partial charge in [-0.25, -0.2) is 12.7 Å². The van der Waals surface area contributed by atoms with Gasteiger partial charge in [0.15, 0.2) is 19.5 Å². The normalized spacial score (nSPS) is 35.6. The number of para-hydroxylation sites is 3. The van der Waals surface area contributed by atoms with Crippen LogP contribution in [0.4, 0.5) is 17.1 Å². The minimum atomic E-state index is -4.47. The summed E-state index contributed by atoms with van der Waals surface area (Å²) >= 11 is 0. The molecule has 8 saturated heterocycles. The van der Waals surface area contributed by atoms with E-state index < -0.39 is 52.7 Å². The lowest BCUT2D eigenvalue weighted by atomic mass is 9.54. The minimum absolute atomic E-state index is 0.0375. The number of piperazine rings is 2. The molecule has 10 aliphatic heterocycles. The van der Waals surface area contributed by atoms with Crippen LogP contribution in [-0.2, 0) is 40.0 Å². The lowest BCUT2D eigenvalue weighted by Crippen LogP contribution is -2.77. The van der Waals surface area contributed by atoms with Gasteiger partial charge in [-0.1, -0.05) is 136 Å². The zero-order valence-corrected chi connectivity index (χ0v) is 39.0. The van der Waals surface area contributed by atoms with Crippen LogP contribution in [0.15, 0.2) is 114 Å². The van der Waals surface area contributed by atoms with Crippen LogP contribution in [0.1, 0.15) is 64.0 Å². The molecule has 8 fully saturated rings. The molecule has 0 aromatic heterocycles. The van der Waals surface area contributed by atoms with Crippen molar-refractivity contribution in [2.45, 2.75) is 100 Å². The second-order valence-corrected chi connectivity index (χ2v) is 25.6.